The van der Waals surface area contributed by atoms with Crippen molar-refractivity contribution in [2.45, 2.75) is 116 Å². The van der Waals surface area contributed by atoms with Crippen LogP contribution < -0.4 is 0 Å². The van der Waals surface area contributed by atoms with E-state index < -0.39 is 0 Å². The summed E-state index contributed by atoms with van der Waals surface area (Å²) < 4.78 is 0. The number of hydrogen-bond donors (Lipinski definition) is 0. The van der Waals surface area contributed by atoms with Gasteiger partial charge >= 0.3 is 0 Å². The lowest BCUT2D eigenvalue weighted by Gasteiger charge is -2.32. The largest absolute Gasteiger partial charge is 0.298 e. The second kappa shape index (κ2) is 19.2. The van der Waals surface area contributed by atoms with Crippen LogP contribution in [0.25, 0.3) is 22.3 Å². The number of rotatable bonds is 13. The Hall–Kier alpha value is -6.33. The SMILES string of the molecule is CCCCC1(CCCC)c2ccccc2-c2ccc(C#Cc3cc(C#Cc4ccc(C=O)cc4)cc(C#Cc4ccc5c(c4)C(CCCC)(CCCC)c4ccccc4-5)c3)cc21. The Balaban J connectivity index is 1.19. The van der Waals surface area contributed by atoms with Crippen molar-refractivity contribution in [1.29, 1.82) is 0 Å². The standard InChI is InChI=1S/C61H58O/c1-5-9-35-60(36-10-6-2)56-19-15-13-17-52(56)54-33-31-46(42-58(54)60)24-29-50-39-49(28-23-45-21-26-48(44-62)27-22-45)40-51(41-50)30-25-47-32-34-55-53-18-14-16-20-57(53)61(37-11-7-3,38-12-8-4)59(55)43-47/h13-22,26-27,31-34,39-44H,5-12,35-38H2,1-4H3. The Morgan fingerprint density at radius 3 is 1.10 bits per heavy atom. The van der Waals surface area contributed by atoms with Gasteiger partial charge in [-0.15, -0.1) is 0 Å². The van der Waals surface area contributed by atoms with Crippen molar-refractivity contribution in [2.75, 3.05) is 0 Å². The summed E-state index contributed by atoms with van der Waals surface area (Å²) in [6, 6.07) is 45.6. The van der Waals surface area contributed by atoms with Gasteiger partial charge in [-0.2, -0.15) is 0 Å². The lowest BCUT2D eigenvalue weighted by Crippen LogP contribution is -2.25. The molecule has 2 aliphatic carbocycles. The summed E-state index contributed by atoms with van der Waals surface area (Å²) in [5, 5.41) is 0. The molecule has 0 saturated heterocycles. The van der Waals surface area contributed by atoms with E-state index in [1.165, 1.54) is 95.9 Å². The second-order valence-electron chi connectivity index (χ2n) is 17.5. The van der Waals surface area contributed by atoms with E-state index in [1.54, 1.807) is 12.1 Å². The highest BCUT2D eigenvalue weighted by molar-refractivity contribution is 5.83. The van der Waals surface area contributed by atoms with Crippen LogP contribution in [0.3, 0.4) is 0 Å². The zero-order chi connectivity index (χ0) is 42.9. The summed E-state index contributed by atoms with van der Waals surface area (Å²) in [6.07, 6.45) is 15.0. The zero-order valence-corrected chi connectivity index (χ0v) is 37.1. The van der Waals surface area contributed by atoms with Crippen LogP contribution in [-0.4, -0.2) is 6.29 Å². The third kappa shape index (κ3) is 8.46. The van der Waals surface area contributed by atoms with Gasteiger partial charge in [0, 0.05) is 49.8 Å². The minimum atomic E-state index is 0.0177. The molecule has 8 rings (SSSR count). The maximum Gasteiger partial charge on any atom is 0.150 e. The summed E-state index contributed by atoms with van der Waals surface area (Å²) in [5.41, 5.74) is 17.5. The molecule has 0 atom stereocenters. The molecule has 0 spiro atoms. The van der Waals surface area contributed by atoms with Crippen molar-refractivity contribution in [3.63, 3.8) is 0 Å². The molecule has 0 heterocycles. The maximum absolute atomic E-state index is 11.3. The van der Waals surface area contributed by atoms with E-state index in [1.807, 2.05) is 12.1 Å². The third-order valence-electron chi connectivity index (χ3n) is 13.4. The Kier molecular flexibility index (Phi) is 13.1. The molecule has 0 aliphatic heterocycles. The second-order valence-corrected chi connectivity index (χ2v) is 17.5. The van der Waals surface area contributed by atoms with Crippen LogP contribution in [0.1, 0.15) is 171 Å². The third-order valence-corrected chi connectivity index (χ3v) is 13.4. The smallest absolute Gasteiger partial charge is 0.150 e. The quantitative estimate of drug-likeness (QED) is 0.0839. The van der Waals surface area contributed by atoms with E-state index in [-0.39, 0.29) is 10.8 Å². The molecule has 308 valence electrons. The molecule has 0 N–H and O–H groups in total. The molecule has 0 bridgehead atoms. The monoisotopic (exact) mass is 806 g/mol. The maximum atomic E-state index is 11.3. The molecule has 1 nitrogen and oxygen atoms in total. The summed E-state index contributed by atoms with van der Waals surface area (Å²) in [6.45, 7) is 9.21. The average molecular weight is 807 g/mol. The number of carbonyl (C=O) groups is 1. The van der Waals surface area contributed by atoms with Gasteiger partial charge < -0.3 is 0 Å². The normalized spacial score (nSPS) is 13.2. The summed E-state index contributed by atoms with van der Waals surface area (Å²) >= 11 is 0. The highest BCUT2D eigenvalue weighted by Gasteiger charge is 2.43. The van der Waals surface area contributed by atoms with Gasteiger partial charge in [-0.05, 0) is 125 Å². The summed E-state index contributed by atoms with van der Waals surface area (Å²) in [5.74, 6) is 21.0. The van der Waals surface area contributed by atoms with Gasteiger partial charge in [-0.3, -0.25) is 4.79 Å². The lowest BCUT2D eigenvalue weighted by atomic mass is 9.70. The van der Waals surface area contributed by atoms with E-state index >= 15 is 0 Å². The molecule has 6 aromatic rings. The number of carbonyl (C=O) groups excluding carboxylic acids is 1. The molecule has 0 fully saturated rings. The van der Waals surface area contributed by atoms with E-state index in [9.17, 15) is 4.79 Å². The van der Waals surface area contributed by atoms with Crippen molar-refractivity contribution < 1.29 is 4.79 Å². The van der Waals surface area contributed by atoms with Gasteiger partial charge in [0.2, 0.25) is 0 Å². The number of fused-ring (bicyclic) bond motifs is 6. The van der Waals surface area contributed by atoms with Crippen LogP contribution in [0, 0.1) is 35.5 Å². The van der Waals surface area contributed by atoms with E-state index in [0.29, 0.717) is 5.56 Å². The average Bonchev–Trinajstić information content (AvgIpc) is 3.75. The minimum absolute atomic E-state index is 0.0177. The molecular formula is C61H58O. The Bertz CT molecular complexity index is 2610. The van der Waals surface area contributed by atoms with Gasteiger partial charge in [0.05, 0.1) is 0 Å². The molecule has 0 aromatic heterocycles. The van der Waals surface area contributed by atoms with Gasteiger partial charge in [0.25, 0.3) is 0 Å². The van der Waals surface area contributed by atoms with Crippen molar-refractivity contribution in [1.82, 2.24) is 0 Å². The first-order chi connectivity index (χ1) is 30.4. The first kappa shape index (κ1) is 42.4. The van der Waals surface area contributed by atoms with Gasteiger partial charge in [-0.25, -0.2) is 0 Å². The molecule has 1 heteroatoms. The Labute approximate surface area is 371 Å². The van der Waals surface area contributed by atoms with E-state index in [4.69, 9.17) is 0 Å². The molecule has 0 saturated carbocycles. The fraction of sp³-hybridized carbons (Fsp3) is 0.295. The predicted octanol–water partition coefficient (Wildman–Crippen LogP) is 15.0. The molecule has 0 amide bonds. The highest BCUT2D eigenvalue weighted by atomic mass is 16.1. The van der Waals surface area contributed by atoms with Gasteiger partial charge in [0.1, 0.15) is 6.29 Å². The molecule has 6 aromatic carbocycles. The summed E-state index contributed by atoms with van der Waals surface area (Å²) in [7, 11) is 0. The molecule has 0 unspecified atom stereocenters. The molecule has 62 heavy (non-hydrogen) atoms. The van der Waals surface area contributed by atoms with E-state index in [2.05, 4.69) is 166 Å². The van der Waals surface area contributed by atoms with Crippen LogP contribution in [0.4, 0.5) is 0 Å². The van der Waals surface area contributed by atoms with Crippen molar-refractivity contribution >= 4 is 6.29 Å². The highest BCUT2D eigenvalue weighted by Crippen LogP contribution is 2.55. The first-order valence-electron chi connectivity index (χ1n) is 23.2. The fourth-order valence-electron chi connectivity index (χ4n) is 10.2. The van der Waals surface area contributed by atoms with Crippen LogP contribution in [0.2, 0.25) is 0 Å². The fourth-order valence-corrected chi connectivity index (χ4v) is 10.2. The lowest BCUT2D eigenvalue weighted by molar-refractivity contribution is 0.112. The molecule has 0 radical (unpaired) electrons. The van der Waals surface area contributed by atoms with Gasteiger partial charge in [0.15, 0.2) is 0 Å². The topological polar surface area (TPSA) is 17.1 Å². The number of hydrogen-bond acceptors (Lipinski definition) is 1. The van der Waals surface area contributed by atoms with Crippen LogP contribution >= 0.6 is 0 Å². The Morgan fingerprint density at radius 2 is 0.710 bits per heavy atom. The van der Waals surface area contributed by atoms with Crippen molar-refractivity contribution in [2.24, 2.45) is 0 Å². The van der Waals surface area contributed by atoms with Crippen LogP contribution in [-0.2, 0) is 10.8 Å². The predicted molar refractivity (Wildman–Crippen MR) is 260 cm³/mol. The van der Waals surface area contributed by atoms with Crippen LogP contribution in [0.15, 0.2) is 127 Å². The van der Waals surface area contributed by atoms with E-state index in [0.717, 1.165) is 65.4 Å². The zero-order valence-electron chi connectivity index (χ0n) is 37.1. The molecule has 2 aliphatic rings. The number of unbranched alkanes of at least 4 members (excludes halogenated alkanes) is 4. The van der Waals surface area contributed by atoms with Crippen molar-refractivity contribution in [3.05, 3.63) is 189 Å². The number of benzene rings is 6. The molecular weight excluding hydrogens is 749 g/mol. The first-order valence-corrected chi connectivity index (χ1v) is 23.2. The van der Waals surface area contributed by atoms with Crippen molar-refractivity contribution in [3.8, 4) is 57.8 Å². The van der Waals surface area contributed by atoms with Crippen LogP contribution in [0.5, 0.6) is 0 Å². The van der Waals surface area contributed by atoms with Gasteiger partial charge in [-0.1, -0.05) is 187 Å². The number of aldehydes is 1. The Morgan fingerprint density at radius 1 is 0.371 bits per heavy atom. The summed E-state index contributed by atoms with van der Waals surface area (Å²) in [4.78, 5) is 11.3. The minimum Gasteiger partial charge on any atom is -0.298 e.